The van der Waals surface area contributed by atoms with Crippen molar-refractivity contribution in [2.45, 2.75) is 32.2 Å². The second-order valence-electron chi connectivity index (χ2n) is 7.11. The summed E-state index contributed by atoms with van der Waals surface area (Å²) in [5.41, 5.74) is 1.52. The van der Waals surface area contributed by atoms with Gasteiger partial charge in [-0.15, -0.1) is 0 Å². The lowest BCUT2D eigenvalue weighted by Gasteiger charge is -2.35. The Morgan fingerprint density at radius 1 is 1.15 bits per heavy atom. The molecule has 6 heteroatoms. The summed E-state index contributed by atoms with van der Waals surface area (Å²) in [6, 6.07) is 16.4. The van der Waals surface area contributed by atoms with Crippen LogP contribution in [-0.2, 0) is 11.2 Å². The number of hydrogen-bond acceptors (Lipinski definition) is 4. The molecule has 1 atom stereocenters. The van der Waals surface area contributed by atoms with Crippen molar-refractivity contribution in [2.24, 2.45) is 5.92 Å². The van der Waals surface area contributed by atoms with Crippen molar-refractivity contribution < 1.29 is 9.72 Å². The lowest BCUT2D eigenvalue weighted by Crippen LogP contribution is -2.46. The van der Waals surface area contributed by atoms with Crippen LogP contribution in [0.1, 0.15) is 25.3 Å². The first-order valence-electron chi connectivity index (χ1n) is 9.37. The number of nitrogens with zero attached hydrogens (tertiary/aromatic N) is 2. The summed E-state index contributed by atoms with van der Waals surface area (Å²) in [5, 5.41) is 13.8. The van der Waals surface area contributed by atoms with E-state index in [-0.39, 0.29) is 23.3 Å². The highest BCUT2D eigenvalue weighted by molar-refractivity contribution is 5.96. The van der Waals surface area contributed by atoms with Gasteiger partial charge in [0.25, 0.3) is 5.69 Å². The molecule has 0 aromatic heterocycles. The summed E-state index contributed by atoms with van der Waals surface area (Å²) in [7, 11) is 0. The van der Waals surface area contributed by atoms with E-state index < -0.39 is 4.92 Å². The number of nitro benzene ring substituents is 1. The molecule has 142 valence electrons. The fraction of sp³-hybridized carbons (Fsp3) is 0.381. The summed E-state index contributed by atoms with van der Waals surface area (Å²) in [5.74, 6) is 0.430. The van der Waals surface area contributed by atoms with Crippen LogP contribution in [0.25, 0.3) is 0 Å². The molecule has 0 aliphatic carbocycles. The van der Waals surface area contributed by atoms with Crippen molar-refractivity contribution in [2.75, 3.05) is 18.4 Å². The van der Waals surface area contributed by atoms with E-state index in [4.69, 9.17) is 0 Å². The van der Waals surface area contributed by atoms with Gasteiger partial charge in [0.1, 0.15) is 5.69 Å². The van der Waals surface area contributed by atoms with Crippen molar-refractivity contribution in [3.05, 3.63) is 70.3 Å². The molecule has 2 aromatic rings. The monoisotopic (exact) mass is 367 g/mol. The number of benzene rings is 2. The third-order valence-electron chi connectivity index (χ3n) is 5.30. The first-order valence-corrected chi connectivity index (χ1v) is 9.37. The van der Waals surface area contributed by atoms with Crippen LogP contribution in [0.4, 0.5) is 11.4 Å². The molecule has 1 N–H and O–H groups in total. The smallest absolute Gasteiger partial charge is 0.292 e. The highest BCUT2D eigenvalue weighted by atomic mass is 16.6. The molecular formula is C21H25N3O3. The maximum absolute atomic E-state index is 12.6. The third kappa shape index (κ3) is 4.92. The lowest BCUT2D eigenvalue weighted by atomic mass is 9.89. The van der Waals surface area contributed by atoms with Gasteiger partial charge in [0.15, 0.2) is 0 Å². The molecule has 1 heterocycles. The Bertz CT molecular complexity index is 786. The van der Waals surface area contributed by atoms with Crippen molar-refractivity contribution in [1.82, 2.24) is 4.90 Å². The SMILES string of the molecule is C[C@H](C(=O)Nc1ccccc1[N+](=O)[O-])N1CCC(Cc2ccccc2)CC1. The number of nitrogens with one attached hydrogen (secondary N) is 1. The molecule has 0 bridgehead atoms. The van der Waals surface area contributed by atoms with Crippen molar-refractivity contribution >= 4 is 17.3 Å². The van der Waals surface area contributed by atoms with Crippen molar-refractivity contribution in [3.8, 4) is 0 Å². The van der Waals surface area contributed by atoms with E-state index >= 15 is 0 Å². The summed E-state index contributed by atoms with van der Waals surface area (Å²) in [6.45, 7) is 3.59. The van der Waals surface area contributed by atoms with Crippen LogP contribution >= 0.6 is 0 Å². The molecule has 2 aromatic carbocycles. The molecule has 1 fully saturated rings. The minimum atomic E-state index is -0.477. The normalized spacial score (nSPS) is 16.6. The standard InChI is InChI=1S/C21H25N3O3/c1-16(21(25)22-19-9-5-6-10-20(19)24(26)27)23-13-11-18(12-14-23)15-17-7-3-2-4-8-17/h2-10,16,18H,11-15H2,1H3,(H,22,25)/t16-/m1/s1. The maximum Gasteiger partial charge on any atom is 0.292 e. The Hall–Kier alpha value is -2.73. The average molecular weight is 367 g/mol. The van der Waals surface area contributed by atoms with E-state index in [1.165, 1.54) is 11.6 Å². The predicted molar refractivity (Wildman–Crippen MR) is 106 cm³/mol. The molecule has 0 spiro atoms. The predicted octanol–water partition coefficient (Wildman–Crippen LogP) is 3.88. The number of nitro groups is 1. The number of piperidine rings is 1. The molecule has 0 unspecified atom stereocenters. The van der Waals surface area contributed by atoms with Crippen LogP contribution in [-0.4, -0.2) is 34.9 Å². The zero-order chi connectivity index (χ0) is 19.2. The van der Waals surface area contributed by atoms with Gasteiger partial charge in [0, 0.05) is 6.07 Å². The summed E-state index contributed by atoms with van der Waals surface area (Å²) in [6.07, 6.45) is 3.18. The second kappa shape index (κ2) is 8.77. The van der Waals surface area contributed by atoms with Gasteiger partial charge in [-0.3, -0.25) is 19.8 Å². The molecule has 6 nitrogen and oxygen atoms in total. The third-order valence-corrected chi connectivity index (χ3v) is 5.30. The molecule has 0 radical (unpaired) electrons. The number of carbonyl (C=O) groups excluding carboxylic acids is 1. The van der Waals surface area contributed by atoms with E-state index in [9.17, 15) is 14.9 Å². The summed E-state index contributed by atoms with van der Waals surface area (Å²) in [4.78, 5) is 25.4. The average Bonchev–Trinajstić information content (AvgIpc) is 2.69. The van der Waals surface area contributed by atoms with Crippen LogP contribution in [0.2, 0.25) is 0 Å². The van der Waals surface area contributed by atoms with Gasteiger partial charge in [-0.2, -0.15) is 0 Å². The van der Waals surface area contributed by atoms with Gasteiger partial charge in [-0.05, 0) is 56.8 Å². The molecule has 1 aliphatic heterocycles. The molecule has 3 rings (SSSR count). The van der Waals surface area contributed by atoms with E-state index in [2.05, 4.69) is 34.5 Å². The minimum absolute atomic E-state index is 0.0837. The van der Waals surface area contributed by atoms with E-state index in [1.54, 1.807) is 18.2 Å². The van der Waals surface area contributed by atoms with E-state index in [0.717, 1.165) is 32.4 Å². The van der Waals surface area contributed by atoms with Crippen LogP contribution in [0.5, 0.6) is 0 Å². The van der Waals surface area contributed by atoms with Crippen LogP contribution in [0, 0.1) is 16.0 Å². The highest BCUT2D eigenvalue weighted by Crippen LogP contribution is 2.25. The van der Waals surface area contributed by atoms with Gasteiger partial charge in [0.2, 0.25) is 5.91 Å². The molecule has 1 aliphatic rings. The molecule has 27 heavy (non-hydrogen) atoms. The summed E-state index contributed by atoms with van der Waals surface area (Å²) >= 11 is 0. The quantitative estimate of drug-likeness (QED) is 0.621. The van der Waals surface area contributed by atoms with Crippen LogP contribution < -0.4 is 5.32 Å². The van der Waals surface area contributed by atoms with Gasteiger partial charge >= 0.3 is 0 Å². The number of hydrogen-bond donors (Lipinski definition) is 1. The molecule has 1 amide bonds. The van der Waals surface area contributed by atoms with Crippen molar-refractivity contribution in [1.29, 1.82) is 0 Å². The van der Waals surface area contributed by atoms with Crippen LogP contribution in [0.3, 0.4) is 0 Å². The number of para-hydroxylation sites is 2. The molecule has 1 saturated heterocycles. The van der Waals surface area contributed by atoms with Crippen molar-refractivity contribution in [3.63, 3.8) is 0 Å². The Morgan fingerprint density at radius 2 is 1.78 bits per heavy atom. The Kier molecular flexibility index (Phi) is 6.19. The highest BCUT2D eigenvalue weighted by Gasteiger charge is 2.27. The first-order chi connectivity index (χ1) is 13.0. The van der Waals surface area contributed by atoms with Gasteiger partial charge in [-0.25, -0.2) is 0 Å². The number of carbonyl (C=O) groups is 1. The van der Waals surface area contributed by atoms with Gasteiger partial charge in [0.05, 0.1) is 11.0 Å². The number of anilines is 1. The first kappa shape index (κ1) is 19.0. The molecular weight excluding hydrogens is 342 g/mol. The lowest BCUT2D eigenvalue weighted by molar-refractivity contribution is -0.383. The maximum atomic E-state index is 12.6. The van der Waals surface area contributed by atoms with E-state index in [0.29, 0.717) is 5.92 Å². The van der Waals surface area contributed by atoms with Gasteiger partial charge in [-0.1, -0.05) is 42.5 Å². The summed E-state index contributed by atoms with van der Waals surface area (Å²) < 4.78 is 0. The zero-order valence-electron chi connectivity index (χ0n) is 15.5. The van der Waals surface area contributed by atoms with E-state index in [1.807, 2.05) is 13.0 Å². The largest absolute Gasteiger partial charge is 0.319 e. The second-order valence-corrected chi connectivity index (χ2v) is 7.11. The Morgan fingerprint density at radius 3 is 2.44 bits per heavy atom. The molecule has 0 saturated carbocycles. The Balaban J connectivity index is 1.54. The zero-order valence-corrected chi connectivity index (χ0v) is 15.5. The van der Waals surface area contributed by atoms with Gasteiger partial charge < -0.3 is 5.32 Å². The number of likely N-dealkylation sites (tertiary alicyclic amines) is 1. The fourth-order valence-electron chi connectivity index (χ4n) is 3.63. The number of rotatable bonds is 6. The Labute approximate surface area is 159 Å². The minimum Gasteiger partial charge on any atom is -0.319 e. The van der Waals surface area contributed by atoms with Crippen LogP contribution in [0.15, 0.2) is 54.6 Å². The topological polar surface area (TPSA) is 75.5 Å². The fourth-order valence-corrected chi connectivity index (χ4v) is 3.63. The number of amides is 1.